The van der Waals surface area contributed by atoms with Crippen LogP contribution in [0.3, 0.4) is 0 Å². The summed E-state index contributed by atoms with van der Waals surface area (Å²) in [5.41, 5.74) is 4.94. The lowest BCUT2D eigenvalue weighted by atomic mass is 9.71. The Labute approximate surface area is 181 Å². The molecule has 3 aromatic rings. The number of nitrogens with zero attached hydrogens (tertiary/aromatic N) is 3. The topological polar surface area (TPSA) is 67.2 Å². The molecule has 0 saturated heterocycles. The number of amides is 2. The van der Waals surface area contributed by atoms with Crippen LogP contribution in [-0.2, 0) is 21.5 Å². The fourth-order valence-electron chi connectivity index (χ4n) is 4.82. The highest BCUT2D eigenvalue weighted by Gasteiger charge is 2.56. The largest absolute Gasteiger partial charge is 0.314 e. The number of hydrogen-bond acceptors (Lipinski definition) is 3. The molecule has 2 aliphatic rings. The van der Waals surface area contributed by atoms with Crippen molar-refractivity contribution in [1.82, 2.24) is 9.78 Å². The quantitative estimate of drug-likeness (QED) is 0.705. The van der Waals surface area contributed by atoms with E-state index in [0.717, 1.165) is 27.9 Å². The lowest BCUT2D eigenvalue weighted by Crippen LogP contribution is -2.45. The Morgan fingerprint density at radius 1 is 1.10 bits per heavy atom. The number of rotatable bonds is 3. The Bertz CT molecular complexity index is 1210. The van der Waals surface area contributed by atoms with Crippen LogP contribution in [0, 0.1) is 6.92 Å². The monoisotopic (exact) mass is 414 g/mol. The van der Waals surface area contributed by atoms with Gasteiger partial charge >= 0.3 is 0 Å². The number of likely N-dealkylation sites (N-methyl/N-ethyl adjacent to an activating group) is 1. The van der Waals surface area contributed by atoms with Gasteiger partial charge in [-0.05, 0) is 35.6 Å². The maximum atomic E-state index is 13.6. The van der Waals surface area contributed by atoms with E-state index in [1.807, 2.05) is 6.07 Å². The Hall–Kier alpha value is -3.41. The molecule has 0 aliphatic carbocycles. The maximum absolute atomic E-state index is 13.6. The summed E-state index contributed by atoms with van der Waals surface area (Å²) in [6.07, 6.45) is 1.85. The lowest BCUT2D eigenvalue weighted by Gasteiger charge is -2.32. The van der Waals surface area contributed by atoms with Crippen molar-refractivity contribution < 1.29 is 9.59 Å². The third kappa shape index (κ3) is 2.81. The van der Waals surface area contributed by atoms with Crippen LogP contribution in [0.2, 0.25) is 0 Å². The van der Waals surface area contributed by atoms with Gasteiger partial charge in [0.15, 0.2) is 0 Å². The van der Waals surface area contributed by atoms with Crippen molar-refractivity contribution in [3.63, 3.8) is 0 Å². The van der Waals surface area contributed by atoms with E-state index in [1.165, 1.54) is 5.56 Å². The molecular weight excluding hydrogens is 388 g/mol. The first kappa shape index (κ1) is 19.5. The average Bonchev–Trinajstić information content (AvgIpc) is 3.23. The fourth-order valence-corrected chi connectivity index (χ4v) is 4.82. The van der Waals surface area contributed by atoms with Crippen LogP contribution in [0.25, 0.3) is 0 Å². The molecule has 2 aliphatic heterocycles. The van der Waals surface area contributed by atoms with Gasteiger partial charge in [0, 0.05) is 24.7 Å². The summed E-state index contributed by atoms with van der Waals surface area (Å²) < 4.78 is 1.79. The highest BCUT2D eigenvalue weighted by molar-refractivity contribution is 6.15. The van der Waals surface area contributed by atoms with E-state index in [0.29, 0.717) is 18.3 Å². The van der Waals surface area contributed by atoms with Gasteiger partial charge < -0.3 is 10.2 Å². The molecule has 1 spiro atoms. The molecule has 31 heavy (non-hydrogen) atoms. The van der Waals surface area contributed by atoms with E-state index in [2.05, 4.69) is 67.6 Å². The molecule has 0 unspecified atom stereocenters. The summed E-state index contributed by atoms with van der Waals surface area (Å²) in [5.74, 6) is 0.697. The van der Waals surface area contributed by atoms with Crippen molar-refractivity contribution in [1.29, 1.82) is 0 Å². The van der Waals surface area contributed by atoms with E-state index in [9.17, 15) is 9.59 Å². The van der Waals surface area contributed by atoms with Crippen molar-refractivity contribution >= 4 is 23.3 Å². The maximum Gasteiger partial charge on any atom is 0.242 e. The summed E-state index contributed by atoms with van der Waals surface area (Å²) in [4.78, 5) is 28.2. The van der Waals surface area contributed by atoms with Gasteiger partial charge in [0.05, 0.1) is 12.7 Å². The molecule has 6 nitrogen and oxygen atoms in total. The molecule has 3 heterocycles. The van der Waals surface area contributed by atoms with Crippen molar-refractivity contribution in [2.45, 2.75) is 45.1 Å². The van der Waals surface area contributed by atoms with Crippen LogP contribution >= 0.6 is 0 Å². The lowest BCUT2D eigenvalue weighted by molar-refractivity contribution is -0.126. The zero-order valence-corrected chi connectivity index (χ0v) is 18.3. The zero-order valence-electron chi connectivity index (χ0n) is 18.3. The van der Waals surface area contributed by atoms with E-state index >= 15 is 0 Å². The predicted molar refractivity (Wildman–Crippen MR) is 120 cm³/mol. The number of carbonyl (C=O) groups is 2. The van der Waals surface area contributed by atoms with Crippen molar-refractivity contribution in [2.24, 2.45) is 0 Å². The minimum absolute atomic E-state index is 0.0746. The fraction of sp³-hybridized carbons (Fsp3) is 0.320. The van der Waals surface area contributed by atoms with Gasteiger partial charge in [-0.1, -0.05) is 55.8 Å². The molecule has 5 rings (SSSR count). The minimum atomic E-state index is -1.03. The van der Waals surface area contributed by atoms with E-state index in [4.69, 9.17) is 0 Å². The van der Waals surface area contributed by atoms with Gasteiger partial charge in [-0.25, -0.2) is 4.68 Å². The number of benzene rings is 2. The number of fused-ring (bicyclic) bond motifs is 4. The zero-order chi connectivity index (χ0) is 21.9. The highest BCUT2D eigenvalue weighted by Crippen LogP contribution is 2.52. The number of carbonyl (C=O) groups excluding carboxylic acids is 2. The molecular formula is C25H26N4O2. The summed E-state index contributed by atoms with van der Waals surface area (Å²) in [5, 5.41) is 7.58. The number of anilines is 2. The van der Waals surface area contributed by atoms with E-state index in [-0.39, 0.29) is 18.2 Å². The van der Waals surface area contributed by atoms with Crippen LogP contribution in [0.5, 0.6) is 0 Å². The molecule has 2 amide bonds. The standard InChI is InChI=1S/C25H26N4O2/c1-15(2)18-9-10-21-19(11-18)25(24(31)28(21)4)12-22(30)27-23-20(25)13-26-29(23)14-17-7-5-16(3)6-8-17/h5-11,13,15H,12,14H2,1-4H3,(H,27,30)/t25-/m0/s1. The third-order valence-electron chi connectivity index (χ3n) is 6.61. The van der Waals surface area contributed by atoms with Gasteiger partial charge in [0.25, 0.3) is 0 Å². The first-order valence-electron chi connectivity index (χ1n) is 10.7. The van der Waals surface area contributed by atoms with Crippen LogP contribution in [-0.4, -0.2) is 28.6 Å². The number of hydrogen-bond donors (Lipinski definition) is 1. The molecule has 1 atom stereocenters. The van der Waals surface area contributed by atoms with Crippen LogP contribution in [0.4, 0.5) is 11.5 Å². The summed E-state index contributed by atoms with van der Waals surface area (Å²) in [6, 6.07) is 14.4. The second-order valence-corrected chi connectivity index (χ2v) is 8.98. The molecule has 158 valence electrons. The van der Waals surface area contributed by atoms with Crippen LogP contribution in [0.1, 0.15) is 54.0 Å². The SMILES string of the molecule is Cc1ccc(Cn2ncc3c2NC(=O)C[C@@]32C(=O)N(C)c3ccc(C(C)C)cc32)cc1. The van der Waals surface area contributed by atoms with Gasteiger partial charge in [0.1, 0.15) is 11.2 Å². The smallest absolute Gasteiger partial charge is 0.242 e. The molecule has 1 N–H and O–H groups in total. The molecule has 6 heteroatoms. The highest BCUT2D eigenvalue weighted by atomic mass is 16.2. The summed E-state index contributed by atoms with van der Waals surface area (Å²) >= 11 is 0. The van der Waals surface area contributed by atoms with Crippen LogP contribution in [0.15, 0.2) is 48.7 Å². The van der Waals surface area contributed by atoms with Crippen molar-refractivity contribution in [3.05, 3.63) is 76.5 Å². The van der Waals surface area contributed by atoms with Gasteiger partial charge in [-0.15, -0.1) is 0 Å². The normalized spacial score (nSPS) is 19.7. The van der Waals surface area contributed by atoms with Crippen LogP contribution < -0.4 is 10.2 Å². The second kappa shape index (κ2) is 6.80. The molecule has 0 fully saturated rings. The van der Waals surface area contributed by atoms with Gasteiger partial charge in [0.2, 0.25) is 11.8 Å². The Kier molecular flexibility index (Phi) is 4.29. The Balaban J connectivity index is 1.67. The number of nitrogens with one attached hydrogen (secondary N) is 1. The minimum Gasteiger partial charge on any atom is -0.314 e. The number of aryl methyl sites for hydroxylation is 1. The first-order chi connectivity index (χ1) is 14.8. The molecule has 1 aromatic heterocycles. The third-order valence-corrected chi connectivity index (χ3v) is 6.61. The second-order valence-electron chi connectivity index (χ2n) is 8.98. The summed E-state index contributed by atoms with van der Waals surface area (Å²) in [7, 11) is 1.79. The molecule has 2 aromatic carbocycles. The number of aromatic nitrogens is 2. The van der Waals surface area contributed by atoms with Crippen molar-refractivity contribution in [2.75, 3.05) is 17.3 Å². The van der Waals surface area contributed by atoms with E-state index < -0.39 is 5.41 Å². The van der Waals surface area contributed by atoms with Gasteiger partial charge in [-0.3, -0.25) is 9.59 Å². The summed E-state index contributed by atoms with van der Waals surface area (Å²) in [6.45, 7) is 6.84. The van der Waals surface area contributed by atoms with E-state index in [1.54, 1.807) is 22.8 Å². The predicted octanol–water partition coefficient (Wildman–Crippen LogP) is 3.97. The Morgan fingerprint density at radius 3 is 2.55 bits per heavy atom. The Morgan fingerprint density at radius 2 is 1.84 bits per heavy atom. The molecule has 0 saturated carbocycles. The van der Waals surface area contributed by atoms with Gasteiger partial charge in [-0.2, -0.15) is 5.10 Å². The molecule has 0 bridgehead atoms. The first-order valence-corrected chi connectivity index (χ1v) is 10.7. The average molecular weight is 415 g/mol. The molecule has 0 radical (unpaired) electrons. The van der Waals surface area contributed by atoms with Crippen molar-refractivity contribution in [3.8, 4) is 0 Å².